The summed E-state index contributed by atoms with van der Waals surface area (Å²) in [5, 5.41) is 12.8. The molecule has 0 aromatic carbocycles. The number of aliphatic hydroxyl groups excluding tert-OH is 1. The molecule has 3 fully saturated rings. The van der Waals surface area contributed by atoms with Gasteiger partial charge in [0.2, 0.25) is 5.91 Å². The third-order valence-corrected chi connectivity index (χ3v) is 4.85. The molecular formula is C13H22N2O2. The summed E-state index contributed by atoms with van der Waals surface area (Å²) in [7, 11) is 0. The summed E-state index contributed by atoms with van der Waals surface area (Å²) in [5.41, 5.74) is 0.476. The van der Waals surface area contributed by atoms with Gasteiger partial charge >= 0.3 is 0 Å². The van der Waals surface area contributed by atoms with Crippen molar-refractivity contribution in [2.75, 3.05) is 26.2 Å². The maximum Gasteiger partial charge on any atom is 0.225 e. The van der Waals surface area contributed by atoms with Gasteiger partial charge in [0.05, 0.1) is 6.10 Å². The first-order chi connectivity index (χ1) is 8.19. The van der Waals surface area contributed by atoms with Gasteiger partial charge in [-0.15, -0.1) is 0 Å². The summed E-state index contributed by atoms with van der Waals surface area (Å²) < 4.78 is 0. The molecule has 17 heavy (non-hydrogen) atoms. The zero-order valence-corrected chi connectivity index (χ0v) is 10.3. The number of nitrogens with zero attached hydrogens (tertiary/aromatic N) is 1. The largest absolute Gasteiger partial charge is 0.391 e. The lowest BCUT2D eigenvalue weighted by molar-refractivity contribution is -0.144. The Morgan fingerprint density at radius 1 is 1.29 bits per heavy atom. The lowest BCUT2D eigenvalue weighted by Crippen LogP contribution is -2.50. The molecule has 0 unspecified atom stereocenters. The van der Waals surface area contributed by atoms with E-state index in [-0.39, 0.29) is 12.0 Å². The SMILES string of the molecule is O=C(C1CC2(CCNCC2)C1)N1CC[C@@H](O)C1. The maximum atomic E-state index is 12.2. The minimum Gasteiger partial charge on any atom is -0.391 e. The maximum absolute atomic E-state index is 12.2. The fourth-order valence-electron chi connectivity index (χ4n) is 3.73. The quantitative estimate of drug-likeness (QED) is 0.693. The summed E-state index contributed by atoms with van der Waals surface area (Å²) in [6.07, 6.45) is 5.11. The Morgan fingerprint density at radius 2 is 2.00 bits per heavy atom. The van der Waals surface area contributed by atoms with Crippen LogP contribution in [0.15, 0.2) is 0 Å². The first-order valence-electron chi connectivity index (χ1n) is 6.86. The Morgan fingerprint density at radius 3 is 2.59 bits per heavy atom. The van der Waals surface area contributed by atoms with Crippen LogP contribution in [0.25, 0.3) is 0 Å². The number of aliphatic hydroxyl groups is 1. The molecule has 1 saturated carbocycles. The third-order valence-electron chi connectivity index (χ3n) is 4.85. The highest BCUT2D eigenvalue weighted by molar-refractivity contribution is 5.80. The fraction of sp³-hybridized carbons (Fsp3) is 0.923. The molecule has 1 aliphatic carbocycles. The minimum atomic E-state index is -0.285. The number of β-amino-alcohol motifs (C(OH)–C–C–N with tert-alkyl or cyclic N) is 1. The van der Waals surface area contributed by atoms with Crippen molar-refractivity contribution in [1.82, 2.24) is 10.2 Å². The number of hydrogen-bond donors (Lipinski definition) is 2. The Hall–Kier alpha value is -0.610. The fourth-order valence-corrected chi connectivity index (χ4v) is 3.73. The van der Waals surface area contributed by atoms with E-state index in [1.54, 1.807) is 0 Å². The Kier molecular flexibility index (Phi) is 2.87. The van der Waals surface area contributed by atoms with E-state index >= 15 is 0 Å². The first-order valence-corrected chi connectivity index (χ1v) is 6.86. The van der Waals surface area contributed by atoms with Gasteiger partial charge in [0.15, 0.2) is 0 Å². The molecule has 1 amide bonds. The van der Waals surface area contributed by atoms with Crippen LogP contribution in [0.3, 0.4) is 0 Å². The second-order valence-electron chi connectivity index (χ2n) is 6.08. The van der Waals surface area contributed by atoms with E-state index in [0.717, 1.165) is 38.9 Å². The molecule has 2 saturated heterocycles. The second kappa shape index (κ2) is 4.25. The molecule has 1 atom stereocenters. The lowest BCUT2D eigenvalue weighted by Gasteiger charge is -2.50. The standard InChI is InChI=1S/C13H22N2O2/c16-11-1-6-15(9-11)12(17)10-7-13(8-10)2-4-14-5-3-13/h10-11,14,16H,1-9H2/t11-/m1/s1. The van der Waals surface area contributed by atoms with Gasteiger partial charge in [-0.3, -0.25) is 4.79 Å². The Balaban J connectivity index is 1.53. The number of rotatable bonds is 1. The molecule has 0 radical (unpaired) electrons. The summed E-state index contributed by atoms with van der Waals surface area (Å²) >= 11 is 0. The van der Waals surface area contributed by atoms with Gasteiger partial charge in [0.25, 0.3) is 0 Å². The summed E-state index contributed by atoms with van der Waals surface area (Å²) in [5.74, 6) is 0.545. The average Bonchev–Trinajstić information content (AvgIpc) is 2.73. The van der Waals surface area contributed by atoms with Crippen LogP contribution < -0.4 is 5.32 Å². The van der Waals surface area contributed by atoms with Crippen molar-refractivity contribution < 1.29 is 9.90 Å². The van der Waals surface area contributed by atoms with Gasteiger partial charge in [-0.05, 0) is 50.6 Å². The van der Waals surface area contributed by atoms with Crippen LogP contribution in [-0.2, 0) is 4.79 Å². The number of likely N-dealkylation sites (tertiary alicyclic amines) is 1. The van der Waals surface area contributed by atoms with E-state index in [4.69, 9.17) is 0 Å². The summed E-state index contributed by atoms with van der Waals surface area (Å²) in [4.78, 5) is 14.1. The van der Waals surface area contributed by atoms with E-state index in [9.17, 15) is 9.90 Å². The van der Waals surface area contributed by atoms with Gasteiger partial charge in [-0.25, -0.2) is 0 Å². The van der Waals surface area contributed by atoms with Gasteiger partial charge in [0.1, 0.15) is 0 Å². The zero-order chi connectivity index (χ0) is 11.9. The van der Waals surface area contributed by atoms with Crippen molar-refractivity contribution in [1.29, 1.82) is 0 Å². The van der Waals surface area contributed by atoms with E-state index in [1.165, 1.54) is 12.8 Å². The topological polar surface area (TPSA) is 52.6 Å². The minimum absolute atomic E-state index is 0.249. The van der Waals surface area contributed by atoms with Crippen molar-refractivity contribution >= 4 is 5.91 Å². The van der Waals surface area contributed by atoms with Gasteiger partial charge in [0, 0.05) is 19.0 Å². The Bertz CT molecular complexity index is 305. The van der Waals surface area contributed by atoms with Crippen molar-refractivity contribution in [3.8, 4) is 0 Å². The molecule has 4 heteroatoms. The monoisotopic (exact) mass is 238 g/mol. The van der Waals surface area contributed by atoms with Crippen LogP contribution in [0.4, 0.5) is 0 Å². The molecule has 0 aromatic heterocycles. The number of hydrogen-bond acceptors (Lipinski definition) is 3. The molecule has 2 aliphatic heterocycles. The van der Waals surface area contributed by atoms with E-state index in [0.29, 0.717) is 17.9 Å². The number of carbonyl (C=O) groups excluding carboxylic acids is 1. The van der Waals surface area contributed by atoms with Crippen LogP contribution in [0.1, 0.15) is 32.1 Å². The van der Waals surface area contributed by atoms with Crippen molar-refractivity contribution in [2.45, 2.75) is 38.2 Å². The van der Waals surface area contributed by atoms with E-state index in [2.05, 4.69) is 5.32 Å². The van der Waals surface area contributed by atoms with Crippen LogP contribution in [0.2, 0.25) is 0 Å². The van der Waals surface area contributed by atoms with Crippen molar-refractivity contribution in [3.63, 3.8) is 0 Å². The summed E-state index contributed by atoms with van der Waals surface area (Å²) in [6, 6.07) is 0. The van der Waals surface area contributed by atoms with Crippen molar-refractivity contribution in [3.05, 3.63) is 0 Å². The molecule has 96 valence electrons. The normalized spacial score (nSPS) is 32.8. The predicted octanol–water partition coefficient (Wildman–Crippen LogP) is 0.359. The predicted molar refractivity (Wildman–Crippen MR) is 64.5 cm³/mol. The highest BCUT2D eigenvalue weighted by Gasteiger charge is 2.48. The molecule has 2 heterocycles. The van der Waals surface area contributed by atoms with E-state index in [1.807, 2.05) is 4.90 Å². The highest BCUT2D eigenvalue weighted by atomic mass is 16.3. The molecule has 1 spiro atoms. The molecule has 3 rings (SSSR count). The molecule has 0 aromatic rings. The van der Waals surface area contributed by atoms with Gasteiger partial charge < -0.3 is 15.3 Å². The average molecular weight is 238 g/mol. The number of nitrogens with one attached hydrogen (secondary N) is 1. The second-order valence-corrected chi connectivity index (χ2v) is 6.08. The smallest absolute Gasteiger partial charge is 0.225 e. The van der Waals surface area contributed by atoms with Gasteiger partial charge in [-0.2, -0.15) is 0 Å². The molecule has 3 aliphatic rings. The number of amides is 1. The Labute approximate surface area is 102 Å². The third kappa shape index (κ3) is 2.08. The van der Waals surface area contributed by atoms with Gasteiger partial charge in [-0.1, -0.05) is 0 Å². The molecular weight excluding hydrogens is 216 g/mol. The zero-order valence-electron chi connectivity index (χ0n) is 10.3. The lowest BCUT2D eigenvalue weighted by atomic mass is 9.57. The molecule has 4 nitrogen and oxygen atoms in total. The number of piperidine rings is 1. The first kappa shape index (κ1) is 11.5. The highest BCUT2D eigenvalue weighted by Crippen LogP contribution is 2.52. The van der Waals surface area contributed by atoms with E-state index < -0.39 is 0 Å². The number of carbonyl (C=O) groups is 1. The van der Waals surface area contributed by atoms with Crippen LogP contribution in [-0.4, -0.2) is 48.2 Å². The van der Waals surface area contributed by atoms with Crippen molar-refractivity contribution in [2.24, 2.45) is 11.3 Å². The molecule has 2 N–H and O–H groups in total. The van der Waals surface area contributed by atoms with Crippen LogP contribution in [0, 0.1) is 11.3 Å². The van der Waals surface area contributed by atoms with Crippen LogP contribution >= 0.6 is 0 Å². The van der Waals surface area contributed by atoms with Crippen LogP contribution in [0.5, 0.6) is 0 Å². The summed E-state index contributed by atoms with van der Waals surface area (Å²) in [6.45, 7) is 3.54. The molecule has 0 bridgehead atoms.